The molecule has 0 atom stereocenters. The van der Waals surface area contributed by atoms with Gasteiger partial charge in [0.05, 0.1) is 10.9 Å². The number of aromatic nitrogens is 2. The lowest BCUT2D eigenvalue weighted by atomic mass is 10.1. The minimum atomic E-state index is -4.94. The summed E-state index contributed by atoms with van der Waals surface area (Å²) in [5.41, 5.74) is -2.54. The predicted octanol–water partition coefficient (Wildman–Crippen LogP) is 1.64. The summed E-state index contributed by atoms with van der Waals surface area (Å²) >= 11 is 0. The van der Waals surface area contributed by atoms with Crippen LogP contribution < -0.4 is 10.3 Å². The second-order valence-electron chi connectivity index (χ2n) is 4.43. The Labute approximate surface area is 116 Å². The number of nitrogens with zero attached hydrogens (tertiary/aromatic N) is 3. The summed E-state index contributed by atoms with van der Waals surface area (Å²) in [6.45, 7) is 0. The second kappa shape index (κ2) is 4.76. The Hall–Kier alpha value is -2.58. The van der Waals surface area contributed by atoms with E-state index in [-0.39, 0.29) is 11.1 Å². The first kappa shape index (κ1) is 14.8. The Bertz CT molecular complexity index is 781. The summed E-state index contributed by atoms with van der Waals surface area (Å²) in [6.07, 6.45) is -4.94. The number of hydrogen-bond acceptors (Lipinski definition) is 4. The van der Waals surface area contributed by atoms with Gasteiger partial charge in [0.1, 0.15) is 0 Å². The summed E-state index contributed by atoms with van der Waals surface area (Å²) in [7, 11) is 3.07. The van der Waals surface area contributed by atoms with Crippen molar-refractivity contribution in [3.05, 3.63) is 34.1 Å². The van der Waals surface area contributed by atoms with Crippen molar-refractivity contribution in [2.24, 2.45) is 0 Å². The zero-order valence-electron chi connectivity index (χ0n) is 11.0. The molecule has 1 heterocycles. The molecule has 0 saturated heterocycles. The van der Waals surface area contributed by atoms with E-state index in [1.54, 1.807) is 0 Å². The first-order valence-corrected chi connectivity index (χ1v) is 5.68. The van der Waals surface area contributed by atoms with Gasteiger partial charge in [-0.15, -0.1) is 13.2 Å². The van der Waals surface area contributed by atoms with Crippen LogP contribution in [0.3, 0.4) is 0 Å². The van der Waals surface area contributed by atoms with E-state index in [0.29, 0.717) is 0 Å². The van der Waals surface area contributed by atoms with Crippen molar-refractivity contribution >= 4 is 22.6 Å². The topological polar surface area (TPSA) is 75.4 Å². The zero-order valence-corrected chi connectivity index (χ0v) is 11.0. The number of alkyl halides is 3. The van der Waals surface area contributed by atoms with Crippen LogP contribution in [0.25, 0.3) is 10.9 Å². The minimum absolute atomic E-state index is 0.181. The van der Waals surface area contributed by atoms with Gasteiger partial charge in [-0.05, 0) is 12.1 Å². The molecule has 0 unspecified atom stereocenters. The molecule has 0 fully saturated rings. The molecule has 0 spiro atoms. The maximum absolute atomic E-state index is 13.0. The maximum atomic E-state index is 13.0. The van der Waals surface area contributed by atoms with Crippen LogP contribution in [0, 0.1) is 0 Å². The zero-order chi connectivity index (χ0) is 15.9. The number of hydrogen-bond donors (Lipinski definition) is 1. The van der Waals surface area contributed by atoms with Gasteiger partial charge in [0, 0.05) is 19.8 Å². The van der Waals surface area contributed by atoms with E-state index in [1.807, 2.05) is 0 Å². The molecule has 112 valence electrons. The monoisotopic (exact) mass is 301 g/mol. The second-order valence-corrected chi connectivity index (χ2v) is 4.43. The Morgan fingerprint density at radius 1 is 1.33 bits per heavy atom. The third-order valence-electron chi connectivity index (χ3n) is 2.82. The average Bonchev–Trinajstić information content (AvgIpc) is 2.36. The molecule has 6 nitrogen and oxygen atoms in total. The number of aromatic carboxylic acids is 1. The Kier molecular flexibility index (Phi) is 3.36. The number of benzene rings is 1. The van der Waals surface area contributed by atoms with Crippen molar-refractivity contribution in [2.75, 3.05) is 19.0 Å². The fraction of sp³-hybridized carbons (Fsp3) is 0.250. The molecule has 0 bridgehead atoms. The number of carbonyl (C=O) groups is 1. The largest absolute Gasteiger partial charge is 0.505 e. The van der Waals surface area contributed by atoms with E-state index in [0.717, 1.165) is 6.07 Å². The average molecular weight is 301 g/mol. The van der Waals surface area contributed by atoms with Crippen LogP contribution in [-0.4, -0.2) is 35.0 Å². The van der Waals surface area contributed by atoms with Crippen molar-refractivity contribution in [3.63, 3.8) is 0 Å². The van der Waals surface area contributed by atoms with E-state index < -0.39 is 33.6 Å². The molecule has 2 rings (SSSR count). The predicted molar refractivity (Wildman–Crippen MR) is 68.6 cm³/mol. The molecule has 1 N–H and O–H groups in total. The molecule has 21 heavy (non-hydrogen) atoms. The number of rotatable bonds is 2. The van der Waals surface area contributed by atoms with Crippen LogP contribution in [-0.2, 0) is 6.30 Å². The number of anilines is 1. The molecule has 2 aromatic rings. The summed E-state index contributed by atoms with van der Waals surface area (Å²) in [4.78, 5) is 24.5. The van der Waals surface area contributed by atoms with Crippen LogP contribution >= 0.6 is 0 Å². The Balaban J connectivity index is 3.07. The highest BCUT2D eigenvalue weighted by Gasteiger charge is 2.35. The number of carboxylic acid groups (broad SMARTS) is 1. The molecule has 0 aliphatic rings. The van der Waals surface area contributed by atoms with E-state index in [1.165, 1.54) is 31.1 Å². The van der Waals surface area contributed by atoms with Gasteiger partial charge in [-0.1, -0.05) is 6.07 Å². The van der Waals surface area contributed by atoms with Gasteiger partial charge in [0.25, 0.3) is 0 Å². The van der Waals surface area contributed by atoms with Crippen LogP contribution in [0.2, 0.25) is 0 Å². The summed E-state index contributed by atoms with van der Waals surface area (Å²) < 4.78 is 38.7. The lowest BCUT2D eigenvalue weighted by Crippen LogP contribution is -2.30. The highest BCUT2D eigenvalue weighted by Crippen LogP contribution is 2.29. The Morgan fingerprint density at radius 2 is 1.95 bits per heavy atom. The van der Waals surface area contributed by atoms with Crippen molar-refractivity contribution in [2.45, 2.75) is 6.30 Å². The third-order valence-corrected chi connectivity index (χ3v) is 2.82. The molecule has 0 saturated carbocycles. The molecular formula is C12H10F3N3O3. The fourth-order valence-electron chi connectivity index (χ4n) is 1.96. The molecule has 1 aromatic heterocycles. The first-order chi connectivity index (χ1) is 9.64. The first-order valence-electron chi connectivity index (χ1n) is 5.68. The SMILES string of the molecule is CN(C)c1cccc2c1c(=O)c(C(=O)O)nn2C(F)(F)F. The summed E-state index contributed by atoms with van der Waals surface area (Å²) in [5.74, 6) is -1.81. The van der Waals surface area contributed by atoms with Crippen LogP contribution in [0.5, 0.6) is 0 Å². The molecular weight excluding hydrogens is 291 g/mol. The van der Waals surface area contributed by atoms with E-state index in [2.05, 4.69) is 5.10 Å². The molecule has 0 aliphatic heterocycles. The molecule has 9 heteroatoms. The Morgan fingerprint density at radius 3 is 2.43 bits per heavy atom. The molecule has 0 amide bonds. The lowest BCUT2D eigenvalue weighted by molar-refractivity contribution is -0.209. The van der Waals surface area contributed by atoms with Crippen molar-refractivity contribution in [3.8, 4) is 0 Å². The summed E-state index contributed by atoms with van der Waals surface area (Å²) in [6, 6.07) is 3.83. The van der Waals surface area contributed by atoms with E-state index in [9.17, 15) is 22.8 Å². The smallest absolute Gasteiger partial charge is 0.476 e. The van der Waals surface area contributed by atoms with Gasteiger partial charge < -0.3 is 10.0 Å². The highest BCUT2D eigenvalue weighted by molar-refractivity contribution is 5.96. The normalized spacial score (nSPS) is 11.7. The highest BCUT2D eigenvalue weighted by atomic mass is 19.4. The van der Waals surface area contributed by atoms with Crippen LogP contribution in [0.1, 0.15) is 10.5 Å². The quantitative estimate of drug-likeness (QED) is 0.912. The fourth-order valence-corrected chi connectivity index (χ4v) is 1.96. The van der Waals surface area contributed by atoms with E-state index >= 15 is 0 Å². The summed E-state index contributed by atoms with van der Waals surface area (Å²) in [5, 5.41) is 11.5. The maximum Gasteiger partial charge on any atom is 0.505 e. The van der Waals surface area contributed by atoms with Crippen LogP contribution in [0.4, 0.5) is 18.9 Å². The molecule has 0 aliphatic carbocycles. The van der Waals surface area contributed by atoms with Gasteiger partial charge in [-0.2, -0.15) is 9.78 Å². The third kappa shape index (κ3) is 2.41. The van der Waals surface area contributed by atoms with Gasteiger partial charge in [-0.3, -0.25) is 4.79 Å². The molecule has 1 aromatic carbocycles. The van der Waals surface area contributed by atoms with Crippen LogP contribution in [0.15, 0.2) is 23.0 Å². The van der Waals surface area contributed by atoms with Gasteiger partial charge >= 0.3 is 12.3 Å². The minimum Gasteiger partial charge on any atom is -0.476 e. The number of carboxylic acids is 1. The number of fused-ring (bicyclic) bond motifs is 1. The standard InChI is InChI=1S/C12H10F3N3O3/c1-17(2)6-4-3-5-7-8(6)10(19)9(11(20)21)16-18(7)12(13,14)15/h3-5H,1-2H3,(H,20,21). The van der Waals surface area contributed by atoms with E-state index in [4.69, 9.17) is 5.11 Å². The van der Waals surface area contributed by atoms with Gasteiger partial charge in [0.2, 0.25) is 11.1 Å². The van der Waals surface area contributed by atoms with Gasteiger partial charge in [0.15, 0.2) is 0 Å². The van der Waals surface area contributed by atoms with Gasteiger partial charge in [-0.25, -0.2) is 4.79 Å². The molecule has 0 radical (unpaired) electrons. The van der Waals surface area contributed by atoms with Crippen molar-refractivity contribution in [1.82, 2.24) is 9.78 Å². The lowest BCUT2D eigenvalue weighted by Gasteiger charge is -2.18. The number of halogens is 3. The van der Waals surface area contributed by atoms with Crippen molar-refractivity contribution < 1.29 is 23.1 Å². The van der Waals surface area contributed by atoms with Crippen molar-refractivity contribution in [1.29, 1.82) is 0 Å².